The van der Waals surface area contributed by atoms with Crippen molar-refractivity contribution in [3.05, 3.63) is 54.1 Å². The Labute approximate surface area is 152 Å². The molecule has 6 nitrogen and oxygen atoms in total. The first kappa shape index (κ1) is 19.3. The summed E-state index contributed by atoms with van der Waals surface area (Å²) in [5.74, 6) is 0.881. The predicted molar refractivity (Wildman–Crippen MR) is 95.7 cm³/mol. The van der Waals surface area contributed by atoms with Crippen LogP contribution in [0.5, 0.6) is 17.2 Å². The molecule has 0 amide bonds. The molecule has 0 unspecified atom stereocenters. The lowest BCUT2D eigenvalue weighted by Gasteiger charge is -2.09. The van der Waals surface area contributed by atoms with Gasteiger partial charge >= 0.3 is 11.9 Å². The third kappa shape index (κ3) is 6.12. The molecule has 0 N–H and O–H groups in total. The molecule has 26 heavy (non-hydrogen) atoms. The average Bonchev–Trinajstić information content (AvgIpc) is 2.65. The fourth-order valence-electron chi connectivity index (χ4n) is 1.96. The van der Waals surface area contributed by atoms with Gasteiger partial charge in [-0.1, -0.05) is 13.8 Å². The van der Waals surface area contributed by atoms with Gasteiger partial charge in [-0.15, -0.1) is 0 Å². The van der Waals surface area contributed by atoms with Crippen LogP contribution < -0.4 is 14.2 Å². The minimum Gasteiger partial charge on any atom is -0.497 e. The van der Waals surface area contributed by atoms with Gasteiger partial charge in [-0.05, 0) is 54.4 Å². The Morgan fingerprint density at radius 1 is 0.885 bits per heavy atom. The summed E-state index contributed by atoms with van der Waals surface area (Å²) in [4.78, 5) is 23.7. The number of methoxy groups -OCH3 is 1. The average molecular weight is 358 g/mol. The van der Waals surface area contributed by atoms with Crippen LogP contribution in [0, 0.1) is 5.92 Å². The smallest absolute Gasteiger partial charge is 0.349 e. The largest absolute Gasteiger partial charge is 0.497 e. The molecule has 0 atom stereocenters. The fraction of sp³-hybridized carbons (Fsp3) is 0.300. The van der Waals surface area contributed by atoms with Crippen molar-refractivity contribution < 1.29 is 28.5 Å². The molecule has 0 radical (unpaired) electrons. The Hall–Kier alpha value is -3.02. The van der Waals surface area contributed by atoms with Crippen LogP contribution in [0.15, 0.2) is 48.5 Å². The Morgan fingerprint density at radius 2 is 1.46 bits per heavy atom. The molecule has 2 aromatic rings. The van der Waals surface area contributed by atoms with E-state index in [1.165, 1.54) is 12.1 Å². The third-order valence-electron chi connectivity index (χ3n) is 3.29. The zero-order valence-corrected chi connectivity index (χ0v) is 15.1. The predicted octanol–water partition coefficient (Wildman–Crippen LogP) is 3.49. The molecule has 0 saturated heterocycles. The number of hydrogen-bond donors (Lipinski definition) is 0. The van der Waals surface area contributed by atoms with Crippen molar-refractivity contribution in [2.75, 3.05) is 20.3 Å². The molecule has 0 saturated carbocycles. The minimum atomic E-state index is -0.545. The highest BCUT2D eigenvalue weighted by atomic mass is 16.6. The molecule has 0 fully saturated rings. The fourth-order valence-corrected chi connectivity index (χ4v) is 1.96. The van der Waals surface area contributed by atoms with Gasteiger partial charge < -0.3 is 18.9 Å². The van der Waals surface area contributed by atoms with Crippen molar-refractivity contribution in [2.24, 2.45) is 5.92 Å². The molecule has 0 spiro atoms. The third-order valence-corrected chi connectivity index (χ3v) is 3.29. The maximum atomic E-state index is 11.8. The van der Waals surface area contributed by atoms with E-state index in [1.54, 1.807) is 43.5 Å². The maximum absolute atomic E-state index is 11.8. The summed E-state index contributed by atoms with van der Waals surface area (Å²) in [6, 6.07) is 13.0. The number of ether oxygens (including phenoxy) is 4. The van der Waals surface area contributed by atoms with Gasteiger partial charge in [0.1, 0.15) is 17.2 Å². The van der Waals surface area contributed by atoms with E-state index in [2.05, 4.69) is 0 Å². The van der Waals surface area contributed by atoms with Gasteiger partial charge in [0.05, 0.1) is 19.3 Å². The van der Waals surface area contributed by atoms with Crippen LogP contribution in [0.2, 0.25) is 0 Å². The van der Waals surface area contributed by atoms with Gasteiger partial charge in [0.25, 0.3) is 0 Å². The Kier molecular flexibility index (Phi) is 7.02. The Bertz CT molecular complexity index is 719. The SMILES string of the molecule is COc1ccc(OCC(=O)Oc2ccc(C(=O)OCC(C)C)cc2)cc1. The number of rotatable bonds is 8. The quantitative estimate of drug-likeness (QED) is 0.531. The second-order valence-corrected chi connectivity index (χ2v) is 5.95. The van der Waals surface area contributed by atoms with E-state index in [1.807, 2.05) is 13.8 Å². The van der Waals surface area contributed by atoms with Crippen LogP contribution in [-0.4, -0.2) is 32.3 Å². The molecule has 6 heteroatoms. The number of benzene rings is 2. The highest BCUT2D eigenvalue weighted by molar-refractivity contribution is 5.89. The maximum Gasteiger partial charge on any atom is 0.349 e. The second-order valence-electron chi connectivity index (χ2n) is 5.95. The molecular formula is C20H22O6. The number of hydrogen-bond acceptors (Lipinski definition) is 6. The highest BCUT2D eigenvalue weighted by Gasteiger charge is 2.10. The molecule has 0 heterocycles. The normalized spacial score (nSPS) is 10.3. The first-order valence-electron chi connectivity index (χ1n) is 8.22. The van der Waals surface area contributed by atoms with E-state index in [4.69, 9.17) is 18.9 Å². The zero-order valence-electron chi connectivity index (χ0n) is 15.1. The summed E-state index contributed by atoms with van der Waals surface area (Å²) < 4.78 is 20.7. The van der Waals surface area contributed by atoms with Gasteiger partial charge in [0, 0.05) is 0 Å². The van der Waals surface area contributed by atoms with E-state index in [0.29, 0.717) is 29.4 Å². The van der Waals surface area contributed by atoms with Crippen molar-refractivity contribution in [3.63, 3.8) is 0 Å². The van der Waals surface area contributed by atoms with Gasteiger partial charge in [-0.3, -0.25) is 0 Å². The van der Waals surface area contributed by atoms with Crippen LogP contribution in [-0.2, 0) is 9.53 Å². The van der Waals surface area contributed by atoms with Crippen molar-refractivity contribution in [1.29, 1.82) is 0 Å². The number of esters is 2. The topological polar surface area (TPSA) is 71.1 Å². The molecule has 0 aromatic heterocycles. The molecular weight excluding hydrogens is 336 g/mol. The van der Waals surface area contributed by atoms with Crippen LogP contribution >= 0.6 is 0 Å². The molecule has 2 rings (SSSR count). The van der Waals surface area contributed by atoms with Crippen molar-refractivity contribution in [1.82, 2.24) is 0 Å². The van der Waals surface area contributed by atoms with Gasteiger partial charge in [-0.25, -0.2) is 9.59 Å². The van der Waals surface area contributed by atoms with Crippen LogP contribution in [0.4, 0.5) is 0 Å². The second kappa shape index (κ2) is 9.46. The first-order chi connectivity index (χ1) is 12.5. The summed E-state index contributed by atoms with van der Waals surface area (Å²) >= 11 is 0. The van der Waals surface area contributed by atoms with E-state index in [9.17, 15) is 9.59 Å². The summed E-state index contributed by atoms with van der Waals surface area (Å²) in [5.41, 5.74) is 0.403. The standard InChI is InChI=1S/C20H22O6/c1-14(2)12-25-20(22)15-4-6-18(7-5-15)26-19(21)13-24-17-10-8-16(23-3)9-11-17/h4-11,14H,12-13H2,1-3H3. The summed E-state index contributed by atoms with van der Waals surface area (Å²) in [7, 11) is 1.57. The minimum absolute atomic E-state index is 0.232. The Morgan fingerprint density at radius 3 is 2.04 bits per heavy atom. The summed E-state index contributed by atoms with van der Waals surface area (Å²) in [5, 5.41) is 0. The molecule has 0 aliphatic rings. The lowest BCUT2D eigenvalue weighted by molar-refractivity contribution is -0.136. The highest BCUT2D eigenvalue weighted by Crippen LogP contribution is 2.17. The van der Waals surface area contributed by atoms with Gasteiger partial charge in [-0.2, -0.15) is 0 Å². The molecule has 0 aliphatic heterocycles. The van der Waals surface area contributed by atoms with Crippen molar-refractivity contribution in [2.45, 2.75) is 13.8 Å². The lowest BCUT2D eigenvalue weighted by Crippen LogP contribution is -2.17. The van der Waals surface area contributed by atoms with Crippen LogP contribution in [0.1, 0.15) is 24.2 Å². The lowest BCUT2D eigenvalue weighted by atomic mass is 10.2. The monoisotopic (exact) mass is 358 g/mol. The number of carbonyl (C=O) groups excluding carboxylic acids is 2. The Balaban J connectivity index is 1.81. The van der Waals surface area contributed by atoms with E-state index in [-0.39, 0.29) is 12.5 Å². The number of carbonyl (C=O) groups is 2. The first-order valence-corrected chi connectivity index (χ1v) is 8.22. The van der Waals surface area contributed by atoms with E-state index >= 15 is 0 Å². The molecule has 0 bridgehead atoms. The van der Waals surface area contributed by atoms with Crippen molar-refractivity contribution >= 4 is 11.9 Å². The van der Waals surface area contributed by atoms with E-state index in [0.717, 1.165) is 0 Å². The van der Waals surface area contributed by atoms with Gasteiger partial charge in [0.2, 0.25) is 0 Å². The van der Waals surface area contributed by atoms with Crippen LogP contribution in [0.3, 0.4) is 0 Å². The molecule has 2 aromatic carbocycles. The van der Waals surface area contributed by atoms with Crippen molar-refractivity contribution in [3.8, 4) is 17.2 Å². The van der Waals surface area contributed by atoms with Crippen LogP contribution in [0.25, 0.3) is 0 Å². The zero-order chi connectivity index (χ0) is 18.9. The molecule has 138 valence electrons. The summed E-state index contributed by atoms with van der Waals surface area (Å²) in [6.45, 7) is 4.05. The van der Waals surface area contributed by atoms with E-state index < -0.39 is 11.9 Å². The summed E-state index contributed by atoms with van der Waals surface area (Å²) in [6.07, 6.45) is 0. The van der Waals surface area contributed by atoms with Gasteiger partial charge in [0.15, 0.2) is 6.61 Å². The molecule has 0 aliphatic carbocycles.